The normalized spacial score (nSPS) is 11.0. The van der Waals surface area contributed by atoms with Gasteiger partial charge in [-0.15, -0.1) is 0 Å². The van der Waals surface area contributed by atoms with E-state index in [2.05, 4.69) is 33.2 Å². The lowest BCUT2D eigenvalue weighted by Gasteiger charge is -2.13. The van der Waals surface area contributed by atoms with Crippen molar-refractivity contribution in [1.82, 2.24) is 14.7 Å². The maximum atomic E-state index is 12.3. The minimum Gasteiger partial charge on any atom is -0.338 e. The number of amides is 1. The van der Waals surface area contributed by atoms with Gasteiger partial charge in [-0.25, -0.2) is 0 Å². The van der Waals surface area contributed by atoms with Crippen molar-refractivity contribution in [3.8, 4) is 0 Å². The molecule has 132 valence electrons. The predicted octanol–water partition coefficient (Wildman–Crippen LogP) is 4.37. The topological polar surface area (TPSA) is 38.1 Å². The van der Waals surface area contributed by atoms with Crippen molar-refractivity contribution >= 4 is 27.9 Å². The van der Waals surface area contributed by atoms with Crippen molar-refractivity contribution in [2.75, 3.05) is 7.05 Å². The molecule has 0 unspecified atom stereocenters. The molecule has 0 N–H and O–H groups in total. The molecule has 2 aromatic carbocycles. The van der Waals surface area contributed by atoms with Gasteiger partial charge in [0.05, 0.1) is 12.7 Å². The summed E-state index contributed by atoms with van der Waals surface area (Å²) in [7, 11) is 1.79. The van der Waals surface area contributed by atoms with Crippen molar-refractivity contribution in [2.45, 2.75) is 13.1 Å². The molecular weight excluding hydrogens is 390 g/mol. The summed E-state index contributed by atoms with van der Waals surface area (Å²) in [6, 6.07) is 18.0. The highest BCUT2D eigenvalue weighted by Crippen LogP contribution is 2.17. The van der Waals surface area contributed by atoms with Crippen molar-refractivity contribution in [2.24, 2.45) is 0 Å². The van der Waals surface area contributed by atoms with Crippen molar-refractivity contribution < 1.29 is 4.79 Å². The Morgan fingerprint density at radius 1 is 1.12 bits per heavy atom. The van der Waals surface area contributed by atoms with Crippen LogP contribution in [0.2, 0.25) is 0 Å². The lowest BCUT2D eigenvalue weighted by molar-refractivity contribution is -0.125. The molecule has 0 aliphatic carbocycles. The van der Waals surface area contributed by atoms with Crippen LogP contribution in [0.15, 0.2) is 77.5 Å². The highest BCUT2D eigenvalue weighted by Gasteiger charge is 2.08. The van der Waals surface area contributed by atoms with Gasteiger partial charge in [-0.2, -0.15) is 5.10 Å². The fourth-order valence-corrected chi connectivity index (χ4v) is 3.01. The maximum absolute atomic E-state index is 12.3. The molecule has 0 spiro atoms. The number of carbonyl (C=O) groups excluding carboxylic acids is 1. The number of hydrogen-bond acceptors (Lipinski definition) is 2. The standard InChI is InChI=1S/C21H20BrN3O/c1-24(21(26)12-11-19-9-5-6-10-20(19)22)14-18-13-23-25(16-18)15-17-7-3-2-4-8-17/h2-13,16H,14-15H2,1H3. The van der Waals surface area contributed by atoms with Crippen LogP contribution in [0.25, 0.3) is 6.08 Å². The molecule has 1 heterocycles. The third-order valence-electron chi connectivity index (χ3n) is 3.98. The maximum Gasteiger partial charge on any atom is 0.246 e. The Morgan fingerprint density at radius 2 is 1.85 bits per heavy atom. The minimum atomic E-state index is -0.0448. The largest absolute Gasteiger partial charge is 0.338 e. The van der Waals surface area contributed by atoms with Crippen LogP contribution < -0.4 is 0 Å². The number of halogens is 1. The average Bonchev–Trinajstić information content (AvgIpc) is 3.08. The van der Waals surface area contributed by atoms with Crippen molar-refractivity contribution in [3.05, 3.63) is 94.2 Å². The summed E-state index contributed by atoms with van der Waals surface area (Å²) in [6.07, 6.45) is 7.20. The van der Waals surface area contributed by atoms with Gasteiger partial charge in [-0.3, -0.25) is 9.48 Å². The fourth-order valence-electron chi connectivity index (χ4n) is 2.60. The monoisotopic (exact) mass is 409 g/mol. The number of benzene rings is 2. The Labute approximate surface area is 161 Å². The van der Waals surface area contributed by atoms with E-state index in [0.717, 1.165) is 22.1 Å². The summed E-state index contributed by atoms with van der Waals surface area (Å²) in [6.45, 7) is 1.24. The van der Waals surface area contributed by atoms with Crippen LogP contribution in [-0.2, 0) is 17.9 Å². The van der Waals surface area contributed by atoms with E-state index in [4.69, 9.17) is 0 Å². The third kappa shape index (κ3) is 4.92. The van der Waals surface area contributed by atoms with Gasteiger partial charge in [0.1, 0.15) is 0 Å². The molecule has 1 aromatic heterocycles. The van der Waals surface area contributed by atoms with Gasteiger partial charge < -0.3 is 4.90 Å². The molecule has 5 heteroatoms. The Bertz CT molecular complexity index is 902. The van der Waals surface area contributed by atoms with Crippen LogP contribution in [0.5, 0.6) is 0 Å². The smallest absolute Gasteiger partial charge is 0.246 e. The molecule has 0 aliphatic heterocycles. The van der Waals surface area contributed by atoms with E-state index in [9.17, 15) is 4.79 Å². The quantitative estimate of drug-likeness (QED) is 0.567. The summed E-state index contributed by atoms with van der Waals surface area (Å²) in [5, 5.41) is 4.38. The molecule has 0 radical (unpaired) electrons. The second-order valence-corrected chi connectivity index (χ2v) is 6.94. The van der Waals surface area contributed by atoms with Crippen LogP contribution in [0.4, 0.5) is 0 Å². The van der Waals surface area contributed by atoms with Gasteiger partial charge >= 0.3 is 0 Å². The van der Waals surface area contributed by atoms with Gasteiger partial charge in [0.25, 0.3) is 0 Å². The van der Waals surface area contributed by atoms with Crippen LogP contribution in [0.3, 0.4) is 0 Å². The van der Waals surface area contributed by atoms with Crippen LogP contribution in [0.1, 0.15) is 16.7 Å². The summed E-state index contributed by atoms with van der Waals surface area (Å²) < 4.78 is 2.86. The molecule has 0 fully saturated rings. The number of carbonyl (C=O) groups is 1. The predicted molar refractivity (Wildman–Crippen MR) is 107 cm³/mol. The van der Waals surface area contributed by atoms with Gasteiger partial charge in [-0.1, -0.05) is 64.5 Å². The van der Waals surface area contributed by atoms with Crippen molar-refractivity contribution in [3.63, 3.8) is 0 Å². The second kappa shape index (κ2) is 8.63. The average molecular weight is 410 g/mol. The minimum absolute atomic E-state index is 0.0448. The Balaban J connectivity index is 1.58. The number of hydrogen-bond donors (Lipinski definition) is 0. The summed E-state index contributed by atoms with van der Waals surface area (Å²) in [5.41, 5.74) is 3.18. The number of likely N-dealkylation sites (N-methyl/N-ethyl adjacent to an activating group) is 1. The summed E-state index contributed by atoms with van der Waals surface area (Å²) >= 11 is 3.48. The Hall–Kier alpha value is -2.66. The van der Waals surface area contributed by atoms with Crippen LogP contribution >= 0.6 is 15.9 Å². The zero-order chi connectivity index (χ0) is 18.4. The van der Waals surface area contributed by atoms with E-state index >= 15 is 0 Å². The second-order valence-electron chi connectivity index (χ2n) is 6.08. The van der Waals surface area contributed by atoms with E-state index in [-0.39, 0.29) is 5.91 Å². The SMILES string of the molecule is CN(Cc1cnn(Cc2ccccc2)c1)C(=O)C=Cc1ccccc1Br. The van der Waals surface area contributed by atoms with Gasteiger partial charge in [0.2, 0.25) is 5.91 Å². The zero-order valence-electron chi connectivity index (χ0n) is 14.5. The van der Waals surface area contributed by atoms with Crippen LogP contribution in [0, 0.1) is 0 Å². The number of rotatable bonds is 6. The highest BCUT2D eigenvalue weighted by atomic mass is 79.9. The molecule has 3 aromatic rings. The first-order chi connectivity index (χ1) is 12.6. The van der Waals surface area contributed by atoms with Crippen LogP contribution in [-0.4, -0.2) is 27.6 Å². The highest BCUT2D eigenvalue weighted by molar-refractivity contribution is 9.10. The third-order valence-corrected chi connectivity index (χ3v) is 4.70. The van der Waals surface area contributed by atoms with E-state index in [0.29, 0.717) is 6.54 Å². The number of nitrogens with zero attached hydrogens (tertiary/aromatic N) is 3. The molecule has 1 amide bonds. The molecule has 0 saturated heterocycles. The Morgan fingerprint density at radius 3 is 2.62 bits per heavy atom. The molecule has 0 saturated carbocycles. The molecule has 3 rings (SSSR count). The molecule has 0 aliphatic rings. The van der Waals surface area contributed by atoms with E-state index in [1.165, 1.54) is 5.56 Å². The van der Waals surface area contributed by atoms with Gasteiger partial charge in [0, 0.05) is 35.9 Å². The summed E-state index contributed by atoms with van der Waals surface area (Å²) in [4.78, 5) is 14.0. The van der Waals surface area contributed by atoms with E-state index < -0.39 is 0 Å². The first-order valence-corrected chi connectivity index (χ1v) is 9.14. The molecule has 0 bridgehead atoms. The first kappa shape index (κ1) is 18.1. The zero-order valence-corrected chi connectivity index (χ0v) is 16.1. The van der Waals surface area contributed by atoms with Crippen molar-refractivity contribution in [1.29, 1.82) is 0 Å². The fraction of sp³-hybridized carbons (Fsp3) is 0.143. The van der Waals surface area contributed by atoms with Gasteiger partial charge in [0.15, 0.2) is 0 Å². The van der Waals surface area contributed by atoms with E-state index in [1.807, 2.05) is 65.6 Å². The lowest BCUT2D eigenvalue weighted by Crippen LogP contribution is -2.23. The summed E-state index contributed by atoms with van der Waals surface area (Å²) in [5.74, 6) is -0.0448. The van der Waals surface area contributed by atoms with Gasteiger partial charge in [-0.05, 0) is 23.3 Å². The molecule has 26 heavy (non-hydrogen) atoms. The van der Waals surface area contributed by atoms with E-state index in [1.54, 1.807) is 18.0 Å². The Kier molecular flexibility index (Phi) is 6.02. The molecule has 0 atom stereocenters. The number of aromatic nitrogens is 2. The first-order valence-electron chi connectivity index (χ1n) is 8.35. The lowest BCUT2D eigenvalue weighted by atomic mass is 10.2. The molecular formula is C21H20BrN3O. The molecule has 4 nitrogen and oxygen atoms in total.